The molecule has 1 aliphatic rings. The van der Waals surface area contributed by atoms with Gasteiger partial charge in [0.05, 0.1) is 12.1 Å². The zero-order valence-corrected chi connectivity index (χ0v) is 10.2. The Hall–Kier alpha value is -1.22. The van der Waals surface area contributed by atoms with Crippen molar-refractivity contribution in [3.05, 3.63) is 35.6 Å². The molecule has 1 aromatic rings. The number of halogens is 1. The molecule has 1 aliphatic heterocycles. The summed E-state index contributed by atoms with van der Waals surface area (Å²) < 4.78 is 13.5. The second kappa shape index (κ2) is 5.41. The smallest absolute Gasteiger partial charge is 0.179 e. The van der Waals surface area contributed by atoms with Gasteiger partial charge in [-0.05, 0) is 38.4 Å². The number of hydrogen-bond acceptors (Lipinski definition) is 2. The molecule has 0 saturated carbocycles. The number of rotatable bonds is 3. The summed E-state index contributed by atoms with van der Waals surface area (Å²) in [5.74, 6) is -0.529. The second-order valence-electron chi connectivity index (χ2n) is 4.72. The Bertz CT molecular complexity index is 405. The van der Waals surface area contributed by atoms with Gasteiger partial charge in [0.2, 0.25) is 0 Å². The summed E-state index contributed by atoms with van der Waals surface area (Å²) in [4.78, 5) is 14.1. The van der Waals surface area contributed by atoms with Gasteiger partial charge in [0.15, 0.2) is 5.78 Å². The highest BCUT2D eigenvalue weighted by Gasteiger charge is 2.22. The van der Waals surface area contributed by atoms with Crippen molar-refractivity contribution < 1.29 is 9.18 Å². The highest BCUT2D eigenvalue weighted by molar-refractivity contribution is 5.97. The lowest BCUT2D eigenvalue weighted by Gasteiger charge is -2.32. The van der Waals surface area contributed by atoms with Crippen molar-refractivity contribution in [3.63, 3.8) is 0 Å². The minimum absolute atomic E-state index is 0.114. The number of piperidine rings is 1. The van der Waals surface area contributed by atoms with E-state index in [2.05, 4.69) is 11.8 Å². The summed E-state index contributed by atoms with van der Waals surface area (Å²) in [6.07, 6.45) is 3.49. The van der Waals surface area contributed by atoms with Crippen molar-refractivity contribution in [1.82, 2.24) is 4.90 Å². The molecule has 92 valence electrons. The average molecular weight is 235 g/mol. The quantitative estimate of drug-likeness (QED) is 0.751. The molecule has 1 heterocycles. The Balaban J connectivity index is 2.04. The molecule has 0 N–H and O–H groups in total. The molecule has 2 rings (SSSR count). The third kappa shape index (κ3) is 2.91. The molecule has 1 saturated heterocycles. The topological polar surface area (TPSA) is 20.3 Å². The molecular weight excluding hydrogens is 217 g/mol. The predicted molar refractivity (Wildman–Crippen MR) is 65.6 cm³/mol. The van der Waals surface area contributed by atoms with Crippen molar-refractivity contribution in [2.24, 2.45) is 0 Å². The number of benzene rings is 1. The first-order valence-corrected chi connectivity index (χ1v) is 6.20. The maximum Gasteiger partial charge on any atom is 0.179 e. The lowest BCUT2D eigenvalue weighted by Crippen LogP contribution is -2.40. The monoisotopic (exact) mass is 235 g/mol. The number of carbonyl (C=O) groups is 1. The third-order valence-electron chi connectivity index (χ3n) is 3.46. The van der Waals surface area contributed by atoms with E-state index < -0.39 is 5.82 Å². The van der Waals surface area contributed by atoms with E-state index in [-0.39, 0.29) is 11.3 Å². The first-order chi connectivity index (χ1) is 8.18. The van der Waals surface area contributed by atoms with E-state index in [4.69, 9.17) is 0 Å². The Morgan fingerprint density at radius 1 is 1.41 bits per heavy atom. The van der Waals surface area contributed by atoms with Gasteiger partial charge >= 0.3 is 0 Å². The van der Waals surface area contributed by atoms with Crippen molar-refractivity contribution >= 4 is 5.78 Å². The summed E-state index contributed by atoms with van der Waals surface area (Å²) in [5, 5.41) is 0. The van der Waals surface area contributed by atoms with E-state index in [0.29, 0.717) is 12.6 Å². The van der Waals surface area contributed by atoms with Crippen LogP contribution in [-0.2, 0) is 0 Å². The molecular formula is C14H18FNO. The van der Waals surface area contributed by atoms with Crippen LogP contribution in [0, 0.1) is 5.82 Å². The van der Waals surface area contributed by atoms with Crippen LogP contribution < -0.4 is 0 Å². The molecule has 1 fully saturated rings. The average Bonchev–Trinajstić information content (AvgIpc) is 2.32. The fourth-order valence-corrected chi connectivity index (χ4v) is 2.35. The van der Waals surface area contributed by atoms with E-state index in [1.54, 1.807) is 18.2 Å². The molecule has 0 amide bonds. The number of carbonyl (C=O) groups excluding carboxylic acids is 1. The summed E-state index contributed by atoms with van der Waals surface area (Å²) in [6, 6.07) is 6.64. The number of hydrogen-bond donors (Lipinski definition) is 0. The summed E-state index contributed by atoms with van der Waals surface area (Å²) >= 11 is 0. The van der Waals surface area contributed by atoms with Crippen LogP contribution in [0.5, 0.6) is 0 Å². The van der Waals surface area contributed by atoms with Crippen LogP contribution in [0.3, 0.4) is 0 Å². The summed E-state index contributed by atoms with van der Waals surface area (Å²) in [6.45, 7) is 3.41. The fraction of sp³-hybridized carbons (Fsp3) is 0.500. The van der Waals surface area contributed by atoms with Crippen LogP contribution in [0.15, 0.2) is 24.3 Å². The summed E-state index contributed by atoms with van der Waals surface area (Å²) in [5.41, 5.74) is 0.213. The maximum absolute atomic E-state index is 13.5. The van der Waals surface area contributed by atoms with Gasteiger partial charge in [0.1, 0.15) is 5.82 Å². The van der Waals surface area contributed by atoms with E-state index in [1.807, 2.05) is 0 Å². The van der Waals surface area contributed by atoms with Gasteiger partial charge in [-0.1, -0.05) is 18.6 Å². The van der Waals surface area contributed by atoms with Crippen molar-refractivity contribution in [1.29, 1.82) is 0 Å². The Morgan fingerprint density at radius 3 is 2.88 bits per heavy atom. The Kier molecular flexibility index (Phi) is 3.89. The van der Waals surface area contributed by atoms with Gasteiger partial charge in [0.25, 0.3) is 0 Å². The molecule has 0 aromatic heterocycles. The van der Waals surface area contributed by atoms with Gasteiger partial charge in [-0.25, -0.2) is 4.39 Å². The Labute approximate surface area is 101 Å². The second-order valence-corrected chi connectivity index (χ2v) is 4.72. The molecule has 0 aliphatic carbocycles. The minimum atomic E-state index is -0.415. The fourth-order valence-electron chi connectivity index (χ4n) is 2.35. The van der Waals surface area contributed by atoms with Crippen LogP contribution in [-0.4, -0.2) is 29.8 Å². The molecule has 3 heteroatoms. The number of nitrogens with zero attached hydrogens (tertiary/aromatic N) is 1. The highest BCUT2D eigenvalue weighted by Crippen LogP contribution is 2.17. The zero-order chi connectivity index (χ0) is 12.3. The van der Waals surface area contributed by atoms with Gasteiger partial charge in [-0.2, -0.15) is 0 Å². The van der Waals surface area contributed by atoms with E-state index >= 15 is 0 Å². The molecule has 1 aromatic carbocycles. The van der Waals surface area contributed by atoms with Crippen LogP contribution >= 0.6 is 0 Å². The molecule has 0 radical (unpaired) electrons. The number of likely N-dealkylation sites (tertiary alicyclic amines) is 1. The van der Waals surface area contributed by atoms with Gasteiger partial charge < -0.3 is 0 Å². The third-order valence-corrected chi connectivity index (χ3v) is 3.46. The molecule has 0 bridgehead atoms. The van der Waals surface area contributed by atoms with E-state index in [0.717, 1.165) is 19.4 Å². The highest BCUT2D eigenvalue weighted by atomic mass is 19.1. The normalized spacial score (nSPS) is 21.4. The van der Waals surface area contributed by atoms with Crippen molar-refractivity contribution in [2.75, 3.05) is 13.1 Å². The standard InChI is InChI=1S/C14H18FNO/c1-11-6-4-5-9-16(11)10-14(17)12-7-2-3-8-13(12)15/h2-3,7-8,11H,4-6,9-10H2,1H3. The first kappa shape index (κ1) is 12.2. The first-order valence-electron chi connectivity index (χ1n) is 6.20. The molecule has 2 nitrogen and oxygen atoms in total. The Morgan fingerprint density at radius 2 is 2.18 bits per heavy atom. The molecule has 17 heavy (non-hydrogen) atoms. The van der Waals surface area contributed by atoms with Crippen LogP contribution in [0.2, 0.25) is 0 Å². The number of Topliss-reactive ketones (excluding diaryl/α,β-unsaturated/α-hetero) is 1. The lowest BCUT2D eigenvalue weighted by molar-refractivity contribution is 0.0856. The van der Waals surface area contributed by atoms with Crippen LogP contribution in [0.4, 0.5) is 4.39 Å². The van der Waals surface area contributed by atoms with Gasteiger partial charge in [0, 0.05) is 6.04 Å². The molecule has 1 atom stereocenters. The van der Waals surface area contributed by atoms with E-state index in [9.17, 15) is 9.18 Å². The minimum Gasteiger partial charge on any atom is -0.293 e. The van der Waals surface area contributed by atoms with Gasteiger partial charge in [-0.15, -0.1) is 0 Å². The SMILES string of the molecule is CC1CCCCN1CC(=O)c1ccccc1F. The predicted octanol–water partition coefficient (Wildman–Crippen LogP) is 2.88. The van der Waals surface area contributed by atoms with Crippen LogP contribution in [0.25, 0.3) is 0 Å². The lowest BCUT2D eigenvalue weighted by atomic mass is 10.0. The summed E-state index contributed by atoms with van der Waals surface area (Å²) in [7, 11) is 0. The molecule has 0 spiro atoms. The number of ketones is 1. The zero-order valence-electron chi connectivity index (χ0n) is 10.2. The van der Waals surface area contributed by atoms with Crippen molar-refractivity contribution in [2.45, 2.75) is 32.2 Å². The van der Waals surface area contributed by atoms with Crippen molar-refractivity contribution in [3.8, 4) is 0 Å². The van der Waals surface area contributed by atoms with E-state index in [1.165, 1.54) is 12.5 Å². The molecule has 1 unspecified atom stereocenters. The van der Waals surface area contributed by atoms with Crippen LogP contribution in [0.1, 0.15) is 36.5 Å². The maximum atomic E-state index is 13.5. The largest absolute Gasteiger partial charge is 0.293 e. The van der Waals surface area contributed by atoms with Gasteiger partial charge in [-0.3, -0.25) is 9.69 Å².